The summed E-state index contributed by atoms with van der Waals surface area (Å²) < 4.78 is 6.71. The second kappa shape index (κ2) is 8.39. The van der Waals surface area contributed by atoms with Crippen molar-refractivity contribution in [2.75, 3.05) is 0 Å². The summed E-state index contributed by atoms with van der Waals surface area (Å²) in [5.41, 5.74) is 2.05. The topological polar surface area (TPSA) is 76.5 Å². The molecule has 0 radical (unpaired) electrons. The van der Waals surface area contributed by atoms with Crippen molar-refractivity contribution in [2.24, 2.45) is 5.10 Å². The second-order valence-corrected chi connectivity index (χ2v) is 7.23. The van der Waals surface area contributed by atoms with Gasteiger partial charge in [0.1, 0.15) is 12.4 Å². The summed E-state index contributed by atoms with van der Waals surface area (Å²) in [6.45, 7) is 2.38. The average molecular weight is 420 g/mol. The maximum atomic E-state index is 12.6. The highest BCUT2D eigenvalue weighted by Crippen LogP contribution is 2.22. The Morgan fingerprint density at radius 3 is 2.73 bits per heavy atom. The van der Waals surface area contributed by atoms with Gasteiger partial charge in [-0.1, -0.05) is 53.6 Å². The molecule has 0 saturated carbocycles. The van der Waals surface area contributed by atoms with Gasteiger partial charge in [-0.2, -0.15) is 5.10 Å². The lowest BCUT2D eigenvalue weighted by Gasteiger charge is -2.10. The Balaban J connectivity index is 1.67. The zero-order valence-electron chi connectivity index (χ0n) is 16.1. The molecule has 0 aliphatic rings. The summed E-state index contributed by atoms with van der Waals surface area (Å²) in [6.07, 6.45) is 1.39. The minimum Gasteiger partial charge on any atom is -0.488 e. The molecule has 0 bridgehead atoms. The lowest BCUT2D eigenvalue weighted by molar-refractivity contribution is 0.305. The molecule has 6 nitrogen and oxygen atoms in total. The van der Waals surface area contributed by atoms with Crippen molar-refractivity contribution in [1.82, 2.24) is 9.66 Å². The van der Waals surface area contributed by atoms with Gasteiger partial charge in [-0.25, -0.2) is 4.79 Å². The predicted octanol–water partition coefficient (Wildman–Crippen LogP) is 4.11. The van der Waals surface area contributed by atoms with E-state index in [2.05, 4.69) is 10.1 Å². The molecular weight excluding hydrogens is 402 g/mol. The van der Waals surface area contributed by atoms with Gasteiger partial charge in [0.2, 0.25) is 0 Å². The quantitative estimate of drug-likeness (QED) is 0.494. The maximum absolute atomic E-state index is 12.6. The van der Waals surface area contributed by atoms with Crippen LogP contribution in [0.2, 0.25) is 5.02 Å². The van der Waals surface area contributed by atoms with Crippen LogP contribution in [0.5, 0.6) is 5.75 Å². The van der Waals surface area contributed by atoms with E-state index in [9.17, 15) is 9.59 Å². The number of benzene rings is 3. The zero-order chi connectivity index (χ0) is 21.1. The first-order chi connectivity index (χ1) is 14.5. The Bertz CT molecular complexity index is 1370. The molecular formula is C23H18ClN3O3. The normalized spacial score (nSPS) is 11.3. The van der Waals surface area contributed by atoms with Gasteiger partial charge in [-0.15, -0.1) is 4.68 Å². The van der Waals surface area contributed by atoms with Crippen molar-refractivity contribution < 1.29 is 4.74 Å². The molecule has 0 atom stereocenters. The number of hydrogen-bond acceptors (Lipinski definition) is 4. The van der Waals surface area contributed by atoms with E-state index >= 15 is 0 Å². The number of nitrogens with one attached hydrogen (secondary N) is 1. The number of fused-ring (bicyclic) bond motifs is 1. The minimum atomic E-state index is -0.626. The smallest absolute Gasteiger partial charge is 0.349 e. The highest BCUT2D eigenvalue weighted by atomic mass is 35.5. The van der Waals surface area contributed by atoms with E-state index in [-0.39, 0.29) is 0 Å². The third-order valence-corrected chi connectivity index (χ3v) is 4.78. The molecule has 1 aromatic heterocycles. The van der Waals surface area contributed by atoms with Gasteiger partial charge < -0.3 is 9.72 Å². The van der Waals surface area contributed by atoms with Crippen LogP contribution in [0.1, 0.15) is 16.7 Å². The highest BCUT2D eigenvalue weighted by molar-refractivity contribution is 6.30. The Kier molecular flexibility index (Phi) is 5.50. The van der Waals surface area contributed by atoms with Crippen LogP contribution in [-0.2, 0) is 6.61 Å². The van der Waals surface area contributed by atoms with Crippen LogP contribution in [0.3, 0.4) is 0 Å². The van der Waals surface area contributed by atoms with Gasteiger partial charge in [0.25, 0.3) is 5.56 Å². The Morgan fingerprint density at radius 1 is 1.07 bits per heavy atom. The lowest BCUT2D eigenvalue weighted by atomic mass is 10.1. The lowest BCUT2D eigenvalue weighted by Crippen LogP contribution is -2.32. The van der Waals surface area contributed by atoms with Crippen molar-refractivity contribution in [3.8, 4) is 5.75 Å². The van der Waals surface area contributed by atoms with Gasteiger partial charge in [-0.05, 0) is 42.8 Å². The number of halogens is 1. The molecule has 0 aliphatic carbocycles. The number of para-hydroxylation sites is 1. The standard InChI is InChI=1S/C23H18ClN3O3/c1-15-5-4-6-16(11-15)14-30-21-10-9-18(24)12-17(21)13-25-27-22(28)19-7-2-3-8-20(19)26-23(27)29/h2-13H,14H2,1H3,(H,26,29). The predicted molar refractivity (Wildman–Crippen MR) is 119 cm³/mol. The van der Waals surface area contributed by atoms with Crippen LogP contribution in [-0.4, -0.2) is 15.9 Å². The van der Waals surface area contributed by atoms with Crippen LogP contribution < -0.4 is 16.0 Å². The van der Waals surface area contributed by atoms with Crippen molar-refractivity contribution >= 4 is 28.7 Å². The Morgan fingerprint density at radius 2 is 1.90 bits per heavy atom. The minimum absolute atomic E-state index is 0.362. The number of rotatable bonds is 5. The van der Waals surface area contributed by atoms with Crippen molar-refractivity contribution in [3.63, 3.8) is 0 Å². The summed E-state index contributed by atoms with van der Waals surface area (Å²) in [4.78, 5) is 27.6. The van der Waals surface area contributed by atoms with Gasteiger partial charge in [-0.3, -0.25) is 4.79 Å². The van der Waals surface area contributed by atoms with E-state index in [0.717, 1.165) is 15.8 Å². The number of H-pyrrole nitrogens is 1. The highest BCUT2D eigenvalue weighted by Gasteiger charge is 2.08. The van der Waals surface area contributed by atoms with E-state index < -0.39 is 11.2 Å². The third kappa shape index (κ3) is 4.18. The molecule has 0 amide bonds. The van der Waals surface area contributed by atoms with Gasteiger partial charge >= 0.3 is 5.69 Å². The molecule has 4 rings (SSSR count). The number of hydrogen-bond donors (Lipinski definition) is 1. The van der Waals surface area contributed by atoms with Crippen LogP contribution >= 0.6 is 11.6 Å². The first-order valence-corrected chi connectivity index (χ1v) is 9.65. The van der Waals surface area contributed by atoms with E-state index in [1.54, 1.807) is 42.5 Å². The fraction of sp³-hybridized carbons (Fsp3) is 0.0870. The van der Waals surface area contributed by atoms with E-state index in [1.807, 2.05) is 31.2 Å². The average Bonchev–Trinajstić information content (AvgIpc) is 2.73. The zero-order valence-corrected chi connectivity index (χ0v) is 16.9. The van der Waals surface area contributed by atoms with Crippen molar-refractivity contribution in [1.29, 1.82) is 0 Å². The monoisotopic (exact) mass is 419 g/mol. The van der Waals surface area contributed by atoms with Gasteiger partial charge in [0.05, 0.1) is 17.1 Å². The maximum Gasteiger partial charge on any atom is 0.349 e. The number of ether oxygens (including phenoxy) is 1. The molecule has 0 aliphatic heterocycles. The number of aryl methyl sites for hydroxylation is 1. The Labute approximate surface area is 177 Å². The molecule has 0 saturated heterocycles. The number of aromatic nitrogens is 2. The van der Waals surface area contributed by atoms with Gasteiger partial charge in [0, 0.05) is 10.6 Å². The van der Waals surface area contributed by atoms with Crippen molar-refractivity contribution in [3.05, 3.63) is 109 Å². The molecule has 30 heavy (non-hydrogen) atoms. The summed E-state index contributed by atoms with van der Waals surface area (Å²) in [5, 5.41) is 4.95. The largest absolute Gasteiger partial charge is 0.488 e. The SMILES string of the molecule is Cc1cccc(COc2ccc(Cl)cc2C=Nn2c(=O)[nH]c3ccccc3c2=O)c1. The molecule has 4 aromatic rings. The van der Waals surface area contributed by atoms with E-state index in [0.29, 0.717) is 33.8 Å². The first kappa shape index (κ1) is 19.7. The molecule has 0 spiro atoms. The molecule has 3 aromatic carbocycles. The summed E-state index contributed by atoms with van der Waals surface area (Å²) in [6, 6.07) is 19.9. The molecule has 150 valence electrons. The molecule has 7 heteroatoms. The second-order valence-electron chi connectivity index (χ2n) is 6.80. The third-order valence-electron chi connectivity index (χ3n) is 4.54. The molecule has 1 heterocycles. The van der Waals surface area contributed by atoms with E-state index in [4.69, 9.17) is 16.3 Å². The summed E-state index contributed by atoms with van der Waals surface area (Å²) in [5.74, 6) is 0.537. The van der Waals surface area contributed by atoms with Crippen LogP contribution in [0.25, 0.3) is 10.9 Å². The van der Waals surface area contributed by atoms with Crippen LogP contribution in [0.4, 0.5) is 0 Å². The van der Waals surface area contributed by atoms with Gasteiger partial charge in [0.15, 0.2) is 0 Å². The Hall–Kier alpha value is -3.64. The molecule has 0 fully saturated rings. The summed E-state index contributed by atoms with van der Waals surface area (Å²) >= 11 is 6.12. The molecule has 1 N–H and O–H groups in total. The van der Waals surface area contributed by atoms with E-state index in [1.165, 1.54) is 6.21 Å². The fourth-order valence-corrected chi connectivity index (χ4v) is 3.27. The van der Waals surface area contributed by atoms with Crippen molar-refractivity contribution in [2.45, 2.75) is 13.5 Å². The summed E-state index contributed by atoms with van der Waals surface area (Å²) in [7, 11) is 0. The van der Waals surface area contributed by atoms with Crippen LogP contribution in [0, 0.1) is 6.92 Å². The number of nitrogens with zero attached hydrogens (tertiary/aromatic N) is 2. The molecule has 0 unspecified atom stereocenters. The van der Waals surface area contributed by atoms with Crippen LogP contribution in [0.15, 0.2) is 81.4 Å². The fourth-order valence-electron chi connectivity index (χ4n) is 3.09. The first-order valence-electron chi connectivity index (χ1n) is 9.27. The number of aromatic amines is 1.